The van der Waals surface area contributed by atoms with Gasteiger partial charge in [0.25, 0.3) is 0 Å². The molecule has 1 rings (SSSR count). The summed E-state index contributed by atoms with van der Waals surface area (Å²) in [5, 5.41) is 26.0. The molecule has 0 aromatic heterocycles. The zero-order chi connectivity index (χ0) is 10.4. The molecule has 4 heteroatoms. The summed E-state index contributed by atoms with van der Waals surface area (Å²) < 4.78 is 5.14. The van der Waals surface area contributed by atoms with Crippen molar-refractivity contribution in [3.8, 4) is 11.8 Å². The highest BCUT2D eigenvalue weighted by atomic mass is 16.5. The Bertz CT molecular complexity index is 315. The number of hydrogen-bond acceptors (Lipinski definition) is 4. The second-order valence-corrected chi connectivity index (χ2v) is 2.78. The monoisotopic (exact) mass is 193 g/mol. The highest BCUT2D eigenvalue weighted by Gasteiger charge is 2.02. The molecule has 0 unspecified atom stereocenters. The van der Waals surface area contributed by atoms with Gasteiger partial charge in [0, 0.05) is 0 Å². The Morgan fingerprint density at radius 1 is 1.36 bits per heavy atom. The van der Waals surface area contributed by atoms with Gasteiger partial charge in [0.1, 0.15) is 18.5 Å². The molecule has 2 N–H and O–H groups in total. The molecule has 0 heterocycles. The first-order valence-electron chi connectivity index (χ1n) is 4.18. The van der Waals surface area contributed by atoms with Crippen molar-refractivity contribution in [1.82, 2.24) is 0 Å². The average molecular weight is 193 g/mol. The Labute approximate surface area is 82.0 Å². The van der Waals surface area contributed by atoms with Crippen molar-refractivity contribution in [3.63, 3.8) is 0 Å². The molecule has 0 radical (unpaired) electrons. The van der Waals surface area contributed by atoms with Crippen molar-refractivity contribution < 1.29 is 14.9 Å². The Morgan fingerprint density at radius 2 is 2.00 bits per heavy atom. The largest absolute Gasteiger partial charge is 0.491 e. The molecule has 0 aliphatic rings. The number of aliphatic hydroxyl groups is 2. The number of benzene rings is 1. The Hall–Kier alpha value is -1.57. The van der Waals surface area contributed by atoms with Crippen LogP contribution in [0.15, 0.2) is 24.3 Å². The van der Waals surface area contributed by atoms with Crippen LogP contribution in [-0.4, -0.2) is 29.5 Å². The van der Waals surface area contributed by atoms with E-state index in [4.69, 9.17) is 20.2 Å². The minimum Gasteiger partial charge on any atom is -0.491 e. The number of nitriles is 1. The van der Waals surface area contributed by atoms with Crippen molar-refractivity contribution in [2.24, 2.45) is 0 Å². The number of rotatable bonds is 4. The molecular formula is C10H11NO3. The van der Waals surface area contributed by atoms with Gasteiger partial charge >= 0.3 is 0 Å². The van der Waals surface area contributed by atoms with Gasteiger partial charge < -0.3 is 14.9 Å². The van der Waals surface area contributed by atoms with E-state index in [-0.39, 0.29) is 13.2 Å². The minimum absolute atomic E-state index is 0.0440. The summed E-state index contributed by atoms with van der Waals surface area (Å²) in [6.45, 7) is -0.279. The molecule has 14 heavy (non-hydrogen) atoms. The van der Waals surface area contributed by atoms with Crippen molar-refractivity contribution >= 4 is 0 Å². The Balaban J connectivity index is 2.49. The fourth-order valence-electron chi connectivity index (χ4n) is 0.871. The topological polar surface area (TPSA) is 73.5 Å². The maximum Gasteiger partial charge on any atom is 0.119 e. The van der Waals surface area contributed by atoms with Gasteiger partial charge in [0.2, 0.25) is 0 Å². The van der Waals surface area contributed by atoms with Crippen molar-refractivity contribution in [2.45, 2.75) is 6.10 Å². The number of nitrogens with zero attached hydrogens (tertiary/aromatic N) is 1. The van der Waals surface area contributed by atoms with Crippen LogP contribution in [0.3, 0.4) is 0 Å². The lowest BCUT2D eigenvalue weighted by Gasteiger charge is -2.09. The fraction of sp³-hybridized carbons (Fsp3) is 0.300. The molecule has 0 spiro atoms. The van der Waals surface area contributed by atoms with Crippen LogP contribution in [0.5, 0.6) is 5.75 Å². The van der Waals surface area contributed by atoms with Crippen LogP contribution in [0.2, 0.25) is 0 Å². The van der Waals surface area contributed by atoms with Gasteiger partial charge in [0.05, 0.1) is 18.2 Å². The van der Waals surface area contributed by atoms with Gasteiger partial charge in [-0.1, -0.05) is 0 Å². The molecule has 0 saturated carbocycles. The van der Waals surface area contributed by atoms with Crippen LogP contribution in [-0.2, 0) is 0 Å². The van der Waals surface area contributed by atoms with Crippen molar-refractivity contribution in [1.29, 1.82) is 5.26 Å². The van der Waals surface area contributed by atoms with E-state index in [1.54, 1.807) is 24.3 Å². The highest BCUT2D eigenvalue weighted by molar-refractivity contribution is 5.34. The lowest BCUT2D eigenvalue weighted by molar-refractivity contribution is 0.0536. The first-order chi connectivity index (χ1) is 6.76. The second kappa shape index (κ2) is 5.22. The van der Waals surface area contributed by atoms with E-state index in [1.807, 2.05) is 6.07 Å². The fourth-order valence-corrected chi connectivity index (χ4v) is 0.871. The van der Waals surface area contributed by atoms with Crippen LogP contribution >= 0.6 is 0 Å². The molecule has 74 valence electrons. The first kappa shape index (κ1) is 10.5. The van der Waals surface area contributed by atoms with E-state index >= 15 is 0 Å². The zero-order valence-electron chi connectivity index (χ0n) is 7.55. The van der Waals surface area contributed by atoms with Crippen LogP contribution in [0.1, 0.15) is 5.56 Å². The molecule has 1 aromatic rings. The van der Waals surface area contributed by atoms with Crippen molar-refractivity contribution in [3.05, 3.63) is 29.8 Å². The van der Waals surface area contributed by atoms with Gasteiger partial charge in [-0.05, 0) is 24.3 Å². The number of hydrogen-bond donors (Lipinski definition) is 2. The van der Waals surface area contributed by atoms with Gasteiger partial charge in [0.15, 0.2) is 0 Å². The maximum absolute atomic E-state index is 8.99. The SMILES string of the molecule is N#Cc1ccc(OC[C@@H](O)CO)cc1. The van der Waals surface area contributed by atoms with E-state index in [2.05, 4.69) is 0 Å². The molecule has 0 aliphatic carbocycles. The van der Waals surface area contributed by atoms with E-state index < -0.39 is 6.10 Å². The molecular weight excluding hydrogens is 182 g/mol. The molecule has 0 fully saturated rings. The quantitative estimate of drug-likeness (QED) is 0.720. The third-order valence-corrected chi connectivity index (χ3v) is 1.64. The molecule has 1 atom stereocenters. The third-order valence-electron chi connectivity index (χ3n) is 1.64. The summed E-state index contributed by atoms with van der Waals surface area (Å²) in [6.07, 6.45) is -0.870. The summed E-state index contributed by atoms with van der Waals surface area (Å²) in [5.41, 5.74) is 0.556. The molecule has 0 saturated heterocycles. The van der Waals surface area contributed by atoms with Crippen LogP contribution in [0.4, 0.5) is 0 Å². The first-order valence-corrected chi connectivity index (χ1v) is 4.18. The molecule has 0 aliphatic heterocycles. The van der Waals surface area contributed by atoms with E-state index in [0.717, 1.165) is 0 Å². The summed E-state index contributed by atoms with van der Waals surface area (Å²) >= 11 is 0. The van der Waals surface area contributed by atoms with Crippen molar-refractivity contribution in [2.75, 3.05) is 13.2 Å². The Kier molecular flexibility index (Phi) is 3.92. The normalized spacial score (nSPS) is 11.8. The van der Waals surface area contributed by atoms with Gasteiger partial charge in [-0.3, -0.25) is 0 Å². The zero-order valence-corrected chi connectivity index (χ0v) is 7.55. The summed E-state index contributed by atoms with van der Waals surface area (Å²) in [5.74, 6) is 0.566. The molecule has 0 bridgehead atoms. The lowest BCUT2D eigenvalue weighted by atomic mass is 10.2. The number of aliphatic hydroxyl groups excluding tert-OH is 2. The molecule has 1 aromatic carbocycles. The van der Waals surface area contributed by atoms with Crippen LogP contribution in [0.25, 0.3) is 0 Å². The minimum atomic E-state index is -0.870. The average Bonchev–Trinajstić information content (AvgIpc) is 2.26. The van der Waals surface area contributed by atoms with E-state index in [9.17, 15) is 0 Å². The van der Waals surface area contributed by atoms with Gasteiger partial charge in [-0.15, -0.1) is 0 Å². The summed E-state index contributed by atoms with van der Waals surface area (Å²) in [7, 11) is 0. The van der Waals surface area contributed by atoms with Crippen LogP contribution in [0, 0.1) is 11.3 Å². The lowest BCUT2D eigenvalue weighted by Crippen LogP contribution is -2.21. The van der Waals surface area contributed by atoms with Gasteiger partial charge in [-0.25, -0.2) is 0 Å². The van der Waals surface area contributed by atoms with Gasteiger partial charge in [-0.2, -0.15) is 5.26 Å². The highest BCUT2D eigenvalue weighted by Crippen LogP contribution is 2.11. The second-order valence-electron chi connectivity index (χ2n) is 2.78. The Morgan fingerprint density at radius 3 is 2.50 bits per heavy atom. The third kappa shape index (κ3) is 3.05. The predicted molar refractivity (Wildman–Crippen MR) is 49.7 cm³/mol. The van der Waals surface area contributed by atoms with Crippen LogP contribution < -0.4 is 4.74 Å². The summed E-state index contributed by atoms with van der Waals surface area (Å²) in [6, 6.07) is 8.52. The summed E-state index contributed by atoms with van der Waals surface area (Å²) in [4.78, 5) is 0. The maximum atomic E-state index is 8.99. The smallest absolute Gasteiger partial charge is 0.119 e. The number of ether oxygens (including phenoxy) is 1. The van der Waals surface area contributed by atoms with E-state index in [0.29, 0.717) is 11.3 Å². The molecule has 0 amide bonds. The standard InChI is InChI=1S/C10H11NO3/c11-5-8-1-3-10(4-2-8)14-7-9(13)6-12/h1-4,9,12-13H,6-7H2/t9-/m0/s1. The van der Waals surface area contributed by atoms with E-state index in [1.165, 1.54) is 0 Å². The predicted octanol–water partition coefficient (Wildman–Crippen LogP) is 0.290. The molecule has 4 nitrogen and oxygen atoms in total.